The van der Waals surface area contributed by atoms with Gasteiger partial charge in [0.2, 0.25) is 5.91 Å². The molecule has 7 nitrogen and oxygen atoms in total. The fourth-order valence-electron chi connectivity index (χ4n) is 2.27. The van der Waals surface area contributed by atoms with Crippen molar-refractivity contribution in [1.29, 1.82) is 5.26 Å². The van der Waals surface area contributed by atoms with Crippen LogP contribution in [0.4, 0.5) is 10.8 Å². The molecule has 1 aromatic heterocycles. The number of nitrogens with one attached hydrogen (secondary N) is 2. The summed E-state index contributed by atoms with van der Waals surface area (Å²) in [4.78, 5) is 28.4. The van der Waals surface area contributed by atoms with Crippen molar-refractivity contribution >= 4 is 34.0 Å². The van der Waals surface area contributed by atoms with E-state index in [0.29, 0.717) is 27.6 Å². The molecule has 3 aromatic rings. The van der Waals surface area contributed by atoms with Crippen molar-refractivity contribution in [1.82, 2.24) is 10.3 Å². The highest BCUT2D eigenvalue weighted by molar-refractivity contribution is 7.14. The molecule has 0 saturated carbocycles. The molecule has 0 aliphatic heterocycles. The molecule has 27 heavy (non-hydrogen) atoms. The Bertz CT molecular complexity index is 1020. The normalized spacial score (nSPS) is 10.0. The summed E-state index contributed by atoms with van der Waals surface area (Å²) in [5, 5.41) is 16.4. The fraction of sp³-hybridized carbons (Fsp3) is 0.0526. The molecule has 0 saturated heterocycles. The van der Waals surface area contributed by atoms with Gasteiger partial charge in [-0.2, -0.15) is 5.26 Å². The van der Waals surface area contributed by atoms with E-state index in [-0.39, 0.29) is 18.4 Å². The number of rotatable bonds is 5. The summed E-state index contributed by atoms with van der Waals surface area (Å²) in [6.07, 6.45) is 0. The van der Waals surface area contributed by atoms with Crippen molar-refractivity contribution in [2.45, 2.75) is 0 Å². The van der Waals surface area contributed by atoms with Gasteiger partial charge in [-0.05, 0) is 36.4 Å². The Morgan fingerprint density at radius 2 is 1.96 bits per heavy atom. The predicted octanol–water partition coefficient (Wildman–Crippen LogP) is 2.63. The number of hydrogen-bond acceptors (Lipinski definition) is 6. The molecule has 0 aliphatic carbocycles. The van der Waals surface area contributed by atoms with Crippen molar-refractivity contribution < 1.29 is 9.59 Å². The van der Waals surface area contributed by atoms with Crippen molar-refractivity contribution in [2.24, 2.45) is 0 Å². The van der Waals surface area contributed by atoms with E-state index >= 15 is 0 Å². The van der Waals surface area contributed by atoms with E-state index in [1.54, 1.807) is 47.8 Å². The molecule has 3 rings (SSSR count). The van der Waals surface area contributed by atoms with E-state index in [0.717, 1.165) is 5.56 Å². The average molecular weight is 377 g/mol. The lowest BCUT2D eigenvalue weighted by Crippen LogP contribution is -2.32. The first kappa shape index (κ1) is 18.1. The highest BCUT2D eigenvalue weighted by Gasteiger charge is 2.11. The van der Waals surface area contributed by atoms with Gasteiger partial charge in [0.05, 0.1) is 23.9 Å². The largest absolute Gasteiger partial charge is 0.399 e. The van der Waals surface area contributed by atoms with Gasteiger partial charge in [-0.15, -0.1) is 11.3 Å². The number of nitriles is 1. The van der Waals surface area contributed by atoms with Crippen LogP contribution in [0.5, 0.6) is 0 Å². The molecule has 0 unspecified atom stereocenters. The summed E-state index contributed by atoms with van der Waals surface area (Å²) in [6.45, 7) is -0.179. The van der Waals surface area contributed by atoms with Crippen molar-refractivity contribution in [3.63, 3.8) is 0 Å². The number of thiazole rings is 1. The van der Waals surface area contributed by atoms with Crippen LogP contribution in [0.15, 0.2) is 53.9 Å². The molecule has 0 atom stereocenters. The van der Waals surface area contributed by atoms with Gasteiger partial charge >= 0.3 is 0 Å². The van der Waals surface area contributed by atoms with Crippen LogP contribution in [-0.4, -0.2) is 23.3 Å². The fourth-order valence-corrected chi connectivity index (χ4v) is 3.01. The molecular formula is C19H15N5O2S. The molecule has 8 heteroatoms. The van der Waals surface area contributed by atoms with E-state index in [1.807, 2.05) is 6.07 Å². The first-order valence-electron chi connectivity index (χ1n) is 7.95. The SMILES string of the molecule is N#Cc1cccc(-c2csc(NC(=O)CNC(=O)c3ccc(N)cc3)n2)c1. The smallest absolute Gasteiger partial charge is 0.251 e. The lowest BCUT2D eigenvalue weighted by atomic mass is 10.1. The molecule has 0 fully saturated rings. The van der Waals surface area contributed by atoms with Gasteiger partial charge in [0.25, 0.3) is 5.91 Å². The molecule has 4 N–H and O–H groups in total. The van der Waals surface area contributed by atoms with Crippen molar-refractivity contribution in [2.75, 3.05) is 17.6 Å². The standard InChI is InChI=1S/C19H15N5O2S/c20-9-12-2-1-3-14(8-12)16-11-27-19(23-16)24-17(25)10-22-18(26)13-4-6-15(21)7-5-13/h1-8,11H,10,21H2,(H,22,26)(H,23,24,25). The quantitative estimate of drug-likeness (QED) is 0.590. The van der Waals surface area contributed by atoms with Gasteiger partial charge in [0.1, 0.15) is 0 Å². The Morgan fingerprint density at radius 1 is 1.19 bits per heavy atom. The van der Waals surface area contributed by atoms with E-state index < -0.39 is 0 Å². The van der Waals surface area contributed by atoms with Crippen molar-refractivity contribution in [3.8, 4) is 17.3 Å². The predicted molar refractivity (Wildman–Crippen MR) is 104 cm³/mol. The molecule has 0 radical (unpaired) electrons. The molecular weight excluding hydrogens is 362 g/mol. The topological polar surface area (TPSA) is 121 Å². The zero-order valence-electron chi connectivity index (χ0n) is 14.1. The summed E-state index contributed by atoms with van der Waals surface area (Å²) >= 11 is 1.27. The van der Waals surface area contributed by atoms with Gasteiger partial charge in [0.15, 0.2) is 5.13 Å². The third-order valence-corrected chi connectivity index (χ3v) is 4.38. The third-order valence-electron chi connectivity index (χ3n) is 3.62. The summed E-state index contributed by atoms with van der Waals surface area (Å²) in [6, 6.07) is 15.6. The van der Waals surface area contributed by atoms with E-state index in [4.69, 9.17) is 11.0 Å². The maximum atomic E-state index is 12.0. The maximum Gasteiger partial charge on any atom is 0.251 e. The Kier molecular flexibility index (Phi) is 5.44. The zero-order valence-corrected chi connectivity index (χ0v) is 14.9. The Balaban J connectivity index is 1.57. The summed E-state index contributed by atoms with van der Waals surface area (Å²) in [5.74, 6) is -0.747. The Morgan fingerprint density at radius 3 is 2.70 bits per heavy atom. The van der Waals surface area contributed by atoms with Crippen LogP contribution in [-0.2, 0) is 4.79 Å². The second-order valence-corrected chi connectivity index (χ2v) is 6.44. The third kappa shape index (κ3) is 4.68. The molecule has 0 bridgehead atoms. The summed E-state index contributed by atoms with van der Waals surface area (Å²) in [7, 11) is 0. The van der Waals surface area contributed by atoms with E-state index in [2.05, 4.69) is 21.7 Å². The molecule has 134 valence electrons. The van der Waals surface area contributed by atoms with E-state index in [1.165, 1.54) is 11.3 Å². The number of aromatic nitrogens is 1. The van der Waals surface area contributed by atoms with E-state index in [9.17, 15) is 9.59 Å². The summed E-state index contributed by atoms with van der Waals surface area (Å²) < 4.78 is 0. The molecule has 1 heterocycles. The van der Waals surface area contributed by atoms with Gasteiger partial charge in [0, 0.05) is 22.2 Å². The van der Waals surface area contributed by atoms with Gasteiger partial charge < -0.3 is 16.4 Å². The average Bonchev–Trinajstić information content (AvgIpc) is 3.15. The highest BCUT2D eigenvalue weighted by Crippen LogP contribution is 2.25. The summed E-state index contributed by atoms with van der Waals surface area (Å²) in [5.41, 5.74) is 8.56. The molecule has 0 spiro atoms. The number of carbonyl (C=O) groups excluding carboxylic acids is 2. The number of nitrogens with two attached hydrogens (primary N) is 1. The first-order chi connectivity index (χ1) is 13.0. The van der Waals surface area contributed by atoms with Crippen LogP contribution >= 0.6 is 11.3 Å². The first-order valence-corrected chi connectivity index (χ1v) is 8.83. The number of carbonyl (C=O) groups is 2. The van der Waals surface area contributed by atoms with Gasteiger partial charge in [-0.25, -0.2) is 4.98 Å². The molecule has 2 amide bonds. The van der Waals surface area contributed by atoms with Gasteiger partial charge in [-0.1, -0.05) is 12.1 Å². The second kappa shape index (κ2) is 8.12. The van der Waals surface area contributed by atoms with Crippen molar-refractivity contribution in [3.05, 3.63) is 65.0 Å². The molecule has 2 aromatic carbocycles. The van der Waals surface area contributed by atoms with Crippen LogP contribution in [0.3, 0.4) is 0 Å². The minimum Gasteiger partial charge on any atom is -0.399 e. The number of benzene rings is 2. The Labute approximate surface area is 159 Å². The highest BCUT2D eigenvalue weighted by atomic mass is 32.1. The Hall–Kier alpha value is -3.70. The van der Waals surface area contributed by atoms with Crippen LogP contribution < -0.4 is 16.4 Å². The van der Waals surface area contributed by atoms with Crippen LogP contribution in [0, 0.1) is 11.3 Å². The van der Waals surface area contributed by atoms with Crippen LogP contribution in [0.25, 0.3) is 11.3 Å². The lowest BCUT2D eigenvalue weighted by Gasteiger charge is -2.05. The minimum absolute atomic E-state index is 0.179. The number of amides is 2. The van der Waals surface area contributed by atoms with Gasteiger partial charge in [-0.3, -0.25) is 9.59 Å². The second-order valence-electron chi connectivity index (χ2n) is 5.58. The maximum absolute atomic E-state index is 12.0. The number of anilines is 2. The number of hydrogen-bond donors (Lipinski definition) is 3. The molecule has 0 aliphatic rings. The number of nitrogens with zero attached hydrogens (tertiary/aromatic N) is 2. The minimum atomic E-state index is -0.384. The van der Waals surface area contributed by atoms with Crippen LogP contribution in [0.1, 0.15) is 15.9 Å². The lowest BCUT2D eigenvalue weighted by molar-refractivity contribution is -0.115. The monoisotopic (exact) mass is 377 g/mol. The zero-order chi connectivity index (χ0) is 19.2. The van der Waals surface area contributed by atoms with Crippen LogP contribution in [0.2, 0.25) is 0 Å². The number of nitrogen functional groups attached to an aromatic ring is 1.